The summed E-state index contributed by atoms with van der Waals surface area (Å²) in [5, 5.41) is 2.98. The number of nitrogens with two attached hydrogens (primary N) is 1. The van der Waals surface area contributed by atoms with Gasteiger partial charge in [-0.25, -0.2) is 4.57 Å². The van der Waals surface area contributed by atoms with Gasteiger partial charge in [0.05, 0.1) is 17.7 Å². The summed E-state index contributed by atoms with van der Waals surface area (Å²) in [5.74, 6) is 0.163. The van der Waals surface area contributed by atoms with Crippen LogP contribution in [0, 0.1) is 5.92 Å². The molecule has 10 heteroatoms. The third-order valence-electron chi connectivity index (χ3n) is 6.38. The average molecular weight is 519 g/mol. The van der Waals surface area contributed by atoms with Crippen molar-refractivity contribution in [2.75, 3.05) is 6.61 Å². The van der Waals surface area contributed by atoms with Crippen molar-refractivity contribution in [2.24, 2.45) is 11.7 Å². The van der Waals surface area contributed by atoms with Gasteiger partial charge in [0.2, 0.25) is 5.91 Å². The van der Waals surface area contributed by atoms with Crippen molar-refractivity contribution in [1.29, 1.82) is 0 Å². The maximum Gasteiger partial charge on any atom is 0.524 e. The zero-order valence-electron chi connectivity index (χ0n) is 20.7. The molecule has 3 rings (SSSR count). The molecule has 2 amide bonds. The van der Waals surface area contributed by atoms with E-state index in [0.29, 0.717) is 35.8 Å². The van der Waals surface area contributed by atoms with Gasteiger partial charge in [-0.15, -0.1) is 0 Å². The molecule has 0 saturated heterocycles. The Balaban J connectivity index is 1.62. The molecule has 196 valence electrons. The molecule has 1 aliphatic rings. The Morgan fingerprint density at radius 3 is 2.50 bits per heavy atom. The van der Waals surface area contributed by atoms with E-state index in [1.165, 1.54) is 31.4 Å². The van der Waals surface area contributed by atoms with Crippen molar-refractivity contribution < 1.29 is 33.2 Å². The van der Waals surface area contributed by atoms with Gasteiger partial charge >= 0.3 is 7.82 Å². The van der Waals surface area contributed by atoms with Gasteiger partial charge in [0.25, 0.3) is 5.91 Å². The Morgan fingerprint density at radius 2 is 1.83 bits per heavy atom. The third-order valence-corrected chi connectivity index (χ3v) is 6.83. The standard InChI is InChI=1S/C26H35N2O7P/c1-26(2,28-24(29)14-11-18-9-6-10-21(15-18)35-36(31,32)33)20-12-13-23(22(16-20)25(27)30)34-17-19-7-4-3-5-8-19/h6,9-10,12-13,15-16,19H,3-5,7-8,11,14,17H2,1-2H3,(H2,27,30)(H,28,29)(H2,31,32,33). The number of hydrogen-bond acceptors (Lipinski definition) is 5. The fourth-order valence-electron chi connectivity index (χ4n) is 4.43. The van der Waals surface area contributed by atoms with E-state index in [4.69, 9.17) is 20.3 Å². The SMILES string of the molecule is CC(C)(NC(=O)CCc1cccc(OP(=O)(O)O)c1)c1ccc(OCC2CCCCC2)c(C(N)=O)c1. The molecule has 0 heterocycles. The summed E-state index contributed by atoms with van der Waals surface area (Å²) in [6, 6.07) is 11.5. The van der Waals surface area contributed by atoms with Gasteiger partial charge in [0, 0.05) is 6.42 Å². The molecule has 36 heavy (non-hydrogen) atoms. The quantitative estimate of drug-likeness (QED) is 0.326. The maximum atomic E-state index is 12.7. The van der Waals surface area contributed by atoms with E-state index in [1.807, 2.05) is 19.9 Å². The molecule has 0 aromatic heterocycles. The summed E-state index contributed by atoms with van der Waals surface area (Å²) in [7, 11) is -4.66. The number of amides is 2. The minimum absolute atomic E-state index is 0.0337. The van der Waals surface area contributed by atoms with E-state index in [9.17, 15) is 14.2 Å². The number of rotatable bonds is 11. The average Bonchev–Trinajstić information content (AvgIpc) is 2.81. The van der Waals surface area contributed by atoms with Crippen LogP contribution in [0.2, 0.25) is 0 Å². The summed E-state index contributed by atoms with van der Waals surface area (Å²) < 4.78 is 21.6. The maximum absolute atomic E-state index is 12.7. The lowest BCUT2D eigenvalue weighted by Gasteiger charge is -2.28. The van der Waals surface area contributed by atoms with Gasteiger partial charge in [-0.1, -0.05) is 37.5 Å². The van der Waals surface area contributed by atoms with Crippen molar-refractivity contribution in [3.8, 4) is 11.5 Å². The van der Waals surface area contributed by atoms with Gasteiger partial charge in [-0.3, -0.25) is 19.4 Å². The molecular formula is C26H35N2O7P. The first-order valence-electron chi connectivity index (χ1n) is 12.2. The molecule has 0 radical (unpaired) electrons. The molecule has 1 aliphatic carbocycles. The number of hydrogen-bond donors (Lipinski definition) is 4. The van der Waals surface area contributed by atoms with Crippen molar-refractivity contribution in [1.82, 2.24) is 5.32 Å². The number of carbonyl (C=O) groups excluding carboxylic acids is 2. The molecule has 0 atom stereocenters. The fraction of sp³-hybridized carbons (Fsp3) is 0.462. The zero-order chi connectivity index (χ0) is 26.3. The Hall–Kier alpha value is -2.87. The van der Waals surface area contributed by atoms with Crippen molar-refractivity contribution in [2.45, 2.75) is 64.3 Å². The van der Waals surface area contributed by atoms with E-state index in [0.717, 1.165) is 12.8 Å². The first kappa shape index (κ1) is 27.7. The first-order chi connectivity index (χ1) is 16.9. The van der Waals surface area contributed by atoms with Gasteiger partial charge < -0.3 is 20.3 Å². The van der Waals surface area contributed by atoms with Crippen LogP contribution in [0.15, 0.2) is 42.5 Å². The molecule has 1 saturated carbocycles. The number of phosphoric acid groups is 1. The summed E-state index contributed by atoms with van der Waals surface area (Å²) in [5.41, 5.74) is 6.55. The zero-order valence-corrected chi connectivity index (χ0v) is 21.6. The van der Waals surface area contributed by atoms with Crippen LogP contribution >= 0.6 is 7.82 Å². The topological polar surface area (TPSA) is 148 Å². The molecule has 9 nitrogen and oxygen atoms in total. The van der Waals surface area contributed by atoms with Crippen LogP contribution in [-0.2, 0) is 21.3 Å². The summed E-state index contributed by atoms with van der Waals surface area (Å²) in [6.07, 6.45) is 6.42. The highest BCUT2D eigenvalue weighted by Gasteiger charge is 2.25. The smallest absolute Gasteiger partial charge is 0.492 e. The van der Waals surface area contributed by atoms with Crippen LogP contribution in [0.1, 0.15) is 73.9 Å². The number of carbonyl (C=O) groups is 2. The Labute approximate surface area is 211 Å². The largest absolute Gasteiger partial charge is 0.524 e. The van der Waals surface area contributed by atoms with Gasteiger partial charge in [0.1, 0.15) is 11.5 Å². The van der Waals surface area contributed by atoms with Gasteiger partial charge in [-0.05, 0) is 74.4 Å². The van der Waals surface area contributed by atoms with E-state index < -0.39 is 19.3 Å². The van der Waals surface area contributed by atoms with Crippen LogP contribution < -0.4 is 20.3 Å². The van der Waals surface area contributed by atoms with Crippen LogP contribution in [0.4, 0.5) is 0 Å². The van der Waals surface area contributed by atoms with Crippen LogP contribution in [0.25, 0.3) is 0 Å². The van der Waals surface area contributed by atoms with E-state index in [-0.39, 0.29) is 23.6 Å². The van der Waals surface area contributed by atoms with E-state index >= 15 is 0 Å². The highest BCUT2D eigenvalue weighted by atomic mass is 31.2. The summed E-state index contributed by atoms with van der Waals surface area (Å²) >= 11 is 0. The molecule has 0 bridgehead atoms. The number of ether oxygens (including phenoxy) is 1. The number of benzene rings is 2. The van der Waals surface area contributed by atoms with Crippen LogP contribution in [0.3, 0.4) is 0 Å². The van der Waals surface area contributed by atoms with Gasteiger partial charge in [0.15, 0.2) is 0 Å². The number of primary amides is 1. The molecule has 2 aromatic rings. The molecule has 2 aromatic carbocycles. The lowest BCUT2D eigenvalue weighted by molar-refractivity contribution is -0.122. The minimum atomic E-state index is -4.66. The lowest BCUT2D eigenvalue weighted by atomic mass is 9.90. The fourth-order valence-corrected chi connectivity index (χ4v) is 4.82. The Bertz CT molecular complexity index is 1120. The van der Waals surface area contributed by atoms with Crippen molar-refractivity contribution in [3.05, 3.63) is 59.2 Å². The monoisotopic (exact) mass is 518 g/mol. The van der Waals surface area contributed by atoms with Crippen molar-refractivity contribution in [3.63, 3.8) is 0 Å². The predicted molar refractivity (Wildman–Crippen MR) is 136 cm³/mol. The molecule has 1 fully saturated rings. The van der Waals surface area contributed by atoms with Gasteiger partial charge in [-0.2, -0.15) is 0 Å². The normalized spacial score (nSPS) is 14.8. The molecule has 0 spiro atoms. The van der Waals surface area contributed by atoms with E-state index in [1.54, 1.807) is 24.3 Å². The van der Waals surface area contributed by atoms with E-state index in [2.05, 4.69) is 9.84 Å². The predicted octanol–water partition coefficient (Wildman–Crippen LogP) is 4.20. The molecule has 0 aliphatic heterocycles. The first-order valence-corrected chi connectivity index (χ1v) is 13.7. The summed E-state index contributed by atoms with van der Waals surface area (Å²) in [6.45, 7) is 4.23. The highest BCUT2D eigenvalue weighted by Crippen LogP contribution is 2.37. The highest BCUT2D eigenvalue weighted by molar-refractivity contribution is 7.46. The summed E-state index contributed by atoms with van der Waals surface area (Å²) in [4.78, 5) is 42.8. The van der Waals surface area contributed by atoms with Crippen LogP contribution in [0.5, 0.6) is 11.5 Å². The Kier molecular flexibility index (Phi) is 9.17. The second-order valence-corrected chi connectivity index (χ2v) is 11.0. The minimum Gasteiger partial charge on any atom is -0.492 e. The van der Waals surface area contributed by atoms with Crippen LogP contribution in [-0.4, -0.2) is 28.2 Å². The third kappa shape index (κ3) is 8.36. The lowest BCUT2D eigenvalue weighted by Crippen LogP contribution is -2.41. The number of nitrogens with one attached hydrogen (secondary N) is 1. The molecule has 5 N–H and O–H groups in total. The Morgan fingerprint density at radius 1 is 1.11 bits per heavy atom. The van der Waals surface area contributed by atoms with Crippen molar-refractivity contribution >= 4 is 19.6 Å². The number of aryl methyl sites for hydroxylation is 1. The number of phosphoric ester groups is 1. The second-order valence-electron chi connectivity index (χ2n) is 9.79. The molecule has 0 unspecified atom stereocenters. The second kappa shape index (κ2) is 11.9. The molecular weight excluding hydrogens is 483 g/mol.